The van der Waals surface area contributed by atoms with E-state index in [4.69, 9.17) is 4.74 Å². The second kappa shape index (κ2) is 10.8. The van der Waals surface area contributed by atoms with Gasteiger partial charge in [0.2, 0.25) is 10.0 Å². The van der Waals surface area contributed by atoms with Crippen LogP contribution in [0.1, 0.15) is 35.4 Å². The standard InChI is InChI=1S/C30H34F2N2O3S/c1-20-8-4-5-9-28(20)38(35,36)33-16-6-7-17-34-26(18-33)29(27(34)19-37-3)23-12-10-22(11-13-23)24-14-15-25(31)30(32)21(24)2/h4-5,8-15,26-27,29H,6-7,16-19H2,1-3H3/t26?,27-,29+/m1/s1. The topological polar surface area (TPSA) is 49.9 Å². The number of hydrogen-bond donors (Lipinski definition) is 0. The molecular weight excluding hydrogens is 506 g/mol. The fraction of sp³-hybridized carbons (Fsp3) is 0.400. The molecular formula is C30H34F2N2O3S. The summed E-state index contributed by atoms with van der Waals surface area (Å²) in [7, 11) is -1.94. The number of ether oxygens (including phenoxy) is 1. The van der Waals surface area contributed by atoms with Crippen molar-refractivity contribution in [1.29, 1.82) is 0 Å². The summed E-state index contributed by atoms with van der Waals surface area (Å²) in [5, 5.41) is 0. The molecule has 5 nitrogen and oxygen atoms in total. The maximum atomic E-state index is 14.2. The van der Waals surface area contributed by atoms with Gasteiger partial charge in [-0.3, -0.25) is 4.90 Å². The molecule has 2 fully saturated rings. The number of halogens is 2. The van der Waals surface area contributed by atoms with Gasteiger partial charge in [0.1, 0.15) is 0 Å². The Kier molecular flexibility index (Phi) is 7.69. The van der Waals surface area contributed by atoms with Crippen LogP contribution in [0.2, 0.25) is 0 Å². The number of rotatable bonds is 6. The van der Waals surface area contributed by atoms with E-state index in [0.717, 1.165) is 42.1 Å². The Hall–Kier alpha value is -2.65. The van der Waals surface area contributed by atoms with Gasteiger partial charge in [-0.1, -0.05) is 48.5 Å². The summed E-state index contributed by atoms with van der Waals surface area (Å²) >= 11 is 0. The summed E-state index contributed by atoms with van der Waals surface area (Å²) in [6.45, 7) is 5.77. The minimum Gasteiger partial charge on any atom is -0.383 e. The van der Waals surface area contributed by atoms with Crippen molar-refractivity contribution in [1.82, 2.24) is 9.21 Å². The molecule has 1 unspecified atom stereocenters. The number of benzene rings is 3. The molecule has 0 bridgehead atoms. The highest BCUT2D eigenvalue weighted by atomic mass is 32.2. The normalized spacial score (nSPS) is 22.8. The molecule has 2 saturated heterocycles. The summed E-state index contributed by atoms with van der Waals surface area (Å²) in [5.41, 5.74) is 3.58. The Bertz CT molecular complexity index is 1410. The van der Waals surface area contributed by atoms with Gasteiger partial charge in [0.25, 0.3) is 0 Å². The van der Waals surface area contributed by atoms with Crippen LogP contribution >= 0.6 is 0 Å². The number of sulfonamides is 1. The Morgan fingerprint density at radius 2 is 1.66 bits per heavy atom. The number of aryl methyl sites for hydroxylation is 1. The van der Waals surface area contributed by atoms with Crippen molar-refractivity contribution in [2.45, 2.75) is 49.6 Å². The highest BCUT2D eigenvalue weighted by molar-refractivity contribution is 7.89. The molecule has 8 heteroatoms. The Morgan fingerprint density at radius 1 is 0.947 bits per heavy atom. The van der Waals surface area contributed by atoms with Gasteiger partial charge in [-0.25, -0.2) is 17.2 Å². The lowest BCUT2D eigenvalue weighted by atomic mass is 9.74. The van der Waals surface area contributed by atoms with Crippen molar-refractivity contribution in [2.75, 3.05) is 33.4 Å². The molecule has 2 aliphatic rings. The van der Waals surface area contributed by atoms with E-state index in [2.05, 4.69) is 4.90 Å². The third-order valence-corrected chi connectivity index (χ3v) is 10.2. The van der Waals surface area contributed by atoms with Crippen LogP contribution in [0.4, 0.5) is 8.78 Å². The SMILES string of the molecule is COC[C@@H]1[C@@H](c2ccc(-c3ccc(F)c(F)c3C)cc2)C2CN(S(=O)(=O)c3ccccc3C)CCCCN21. The molecule has 38 heavy (non-hydrogen) atoms. The van der Waals surface area contributed by atoms with Gasteiger partial charge in [-0.15, -0.1) is 0 Å². The second-order valence-corrected chi connectivity index (χ2v) is 12.3. The van der Waals surface area contributed by atoms with E-state index < -0.39 is 21.7 Å². The van der Waals surface area contributed by atoms with Crippen LogP contribution in [-0.2, 0) is 14.8 Å². The zero-order chi connectivity index (χ0) is 27.0. The maximum Gasteiger partial charge on any atom is 0.243 e. The molecule has 0 aliphatic carbocycles. The molecule has 0 amide bonds. The van der Waals surface area contributed by atoms with Crippen molar-refractivity contribution in [3.63, 3.8) is 0 Å². The quantitative estimate of drug-likeness (QED) is 0.413. The van der Waals surface area contributed by atoms with Gasteiger partial charge in [-0.05, 0) is 73.2 Å². The summed E-state index contributed by atoms with van der Waals surface area (Å²) in [6.07, 6.45) is 1.72. The Balaban J connectivity index is 1.46. The van der Waals surface area contributed by atoms with Crippen molar-refractivity contribution in [2.24, 2.45) is 0 Å². The monoisotopic (exact) mass is 540 g/mol. The van der Waals surface area contributed by atoms with Gasteiger partial charge in [-0.2, -0.15) is 4.31 Å². The average molecular weight is 541 g/mol. The number of nitrogens with zero attached hydrogens (tertiary/aromatic N) is 2. The van der Waals surface area contributed by atoms with Crippen LogP contribution in [-0.4, -0.2) is 63.1 Å². The fourth-order valence-electron chi connectivity index (χ4n) is 6.11. The molecule has 0 radical (unpaired) electrons. The van der Waals surface area contributed by atoms with Crippen molar-refractivity contribution >= 4 is 10.0 Å². The first-order valence-electron chi connectivity index (χ1n) is 13.1. The van der Waals surface area contributed by atoms with Crippen LogP contribution in [0.15, 0.2) is 65.6 Å². The summed E-state index contributed by atoms with van der Waals surface area (Å²) in [5.74, 6) is -1.59. The van der Waals surface area contributed by atoms with E-state index in [1.54, 1.807) is 36.5 Å². The molecule has 2 aliphatic heterocycles. The minimum atomic E-state index is -3.64. The van der Waals surface area contributed by atoms with Crippen molar-refractivity contribution in [3.8, 4) is 11.1 Å². The molecule has 0 N–H and O–H groups in total. The lowest BCUT2D eigenvalue weighted by Crippen LogP contribution is -2.68. The first-order chi connectivity index (χ1) is 18.2. The predicted molar refractivity (Wildman–Crippen MR) is 145 cm³/mol. The maximum absolute atomic E-state index is 14.2. The Labute approximate surface area is 224 Å². The lowest BCUT2D eigenvalue weighted by Gasteiger charge is -2.57. The van der Waals surface area contributed by atoms with Crippen molar-refractivity contribution < 1.29 is 21.9 Å². The molecule has 3 aromatic rings. The average Bonchev–Trinajstić information content (AvgIpc) is 2.89. The highest BCUT2D eigenvalue weighted by Gasteiger charge is 2.50. The van der Waals surface area contributed by atoms with Crippen LogP contribution in [0.5, 0.6) is 0 Å². The van der Waals surface area contributed by atoms with Gasteiger partial charge < -0.3 is 4.74 Å². The third-order valence-electron chi connectivity index (χ3n) is 8.14. The molecule has 0 saturated carbocycles. The zero-order valence-corrected chi connectivity index (χ0v) is 22.8. The van der Waals surface area contributed by atoms with Crippen LogP contribution < -0.4 is 0 Å². The van der Waals surface area contributed by atoms with Gasteiger partial charge in [0.05, 0.1) is 11.5 Å². The van der Waals surface area contributed by atoms with Gasteiger partial charge in [0, 0.05) is 38.2 Å². The van der Waals surface area contributed by atoms with Gasteiger partial charge in [0.15, 0.2) is 11.6 Å². The molecule has 5 rings (SSSR count). The molecule has 3 atom stereocenters. The number of hydrogen-bond acceptors (Lipinski definition) is 4. The zero-order valence-electron chi connectivity index (χ0n) is 22.0. The van der Waals surface area contributed by atoms with E-state index in [0.29, 0.717) is 30.2 Å². The van der Waals surface area contributed by atoms with Gasteiger partial charge >= 0.3 is 0 Å². The number of fused-ring (bicyclic) bond motifs is 1. The van der Waals surface area contributed by atoms with Crippen molar-refractivity contribution in [3.05, 3.63) is 89.0 Å². The molecule has 3 aromatic carbocycles. The summed E-state index contributed by atoms with van der Waals surface area (Å²) < 4.78 is 62.5. The summed E-state index contributed by atoms with van der Waals surface area (Å²) in [6, 6.07) is 18.0. The lowest BCUT2D eigenvalue weighted by molar-refractivity contribution is -0.0635. The van der Waals surface area contributed by atoms with Crippen LogP contribution in [0.3, 0.4) is 0 Å². The molecule has 2 heterocycles. The van der Waals surface area contributed by atoms with Crippen LogP contribution in [0, 0.1) is 25.5 Å². The fourth-order valence-corrected chi connectivity index (χ4v) is 7.84. The molecule has 202 valence electrons. The minimum absolute atomic E-state index is 0.0186. The molecule has 0 aromatic heterocycles. The van der Waals surface area contributed by atoms with E-state index in [1.165, 1.54) is 0 Å². The van der Waals surface area contributed by atoms with E-state index in [9.17, 15) is 17.2 Å². The largest absolute Gasteiger partial charge is 0.383 e. The van der Waals surface area contributed by atoms with Crippen LogP contribution in [0.25, 0.3) is 11.1 Å². The number of methoxy groups -OCH3 is 1. The van der Waals surface area contributed by atoms with E-state index in [-0.39, 0.29) is 23.6 Å². The van der Waals surface area contributed by atoms with E-state index in [1.807, 2.05) is 43.3 Å². The first kappa shape index (κ1) is 26.9. The first-order valence-corrected chi connectivity index (χ1v) is 14.5. The second-order valence-electron chi connectivity index (χ2n) is 10.3. The molecule has 0 spiro atoms. The summed E-state index contributed by atoms with van der Waals surface area (Å²) in [4.78, 5) is 2.75. The third kappa shape index (κ3) is 4.79. The van der Waals surface area contributed by atoms with E-state index >= 15 is 0 Å². The Morgan fingerprint density at radius 3 is 2.37 bits per heavy atom. The predicted octanol–water partition coefficient (Wildman–Crippen LogP) is 5.52. The smallest absolute Gasteiger partial charge is 0.243 e. The highest BCUT2D eigenvalue weighted by Crippen LogP contribution is 2.43.